The van der Waals surface area contributed by atoms with Gasteiger partial charge in [-0.25, -0.2) is 4.79 Å². The third kappa shape index (κ3) is 2.58. The third-order valence-electron chi connectivity index (χ3n) is 3.15. The maximum Gasteiger partial charge on any atom is 0.407 e. The largest absolute Gasteiger partial charge is 0.497 e. The number of nitrogens with one attached hydrogen (secondary N) is 1. The average Bonchev–Trinajstić information content (AvgIpc) is 2.84. The molecule has 0 saturated carbocycles. The maximum atomic E-state index is 11.0. The van der Waals surface area contributed by atoms with E-state index in [1.165, 1.54) is 0 Å². The molecule has 0 aromatic heterocycles. The Balaban J connectivity index is 0.00000133. The molecular weight excluding hydrogens is 266 g/mol. The highest BCUT2D eigenvalue weighted by atomic mass is 35.5. The van der Waals surface area contributed by atoms with Crippen molar-refractivity contribution in [2.45, 2.75) is 6.04 Å². The van der Waals surface area contributed by atoms with Gasteiger partial charge in [0, 0.05) is 0 Å². The highest BCUT2D eigenvalue weighted by molar-refractivity contribution is 5.85. The minimum atomic E-state index is -0.352. The van der Waals surface area contributed by atoms with Crippen molar-refractivity contribution in [1.82, 2.24) is 5.32 Å². The van der Waals surface area contributed by atoms with Crippen molar-refractivity contribution < 1.29 is 14.3 Å². The van der Waals surface area contributed by atoms with Gasteiger partial charge in [0.1, 0.15) is 12.4 Å². The zero-order valence-corrected chi connectivity index (χ0v) is 11.2. The molecule has 1 fully saturated rings. The molecule has 2 aromatic carbocycles. The fourth-order valence-corrected chi connectivity index (χ4v) is 2.15. The molecule has 0 spiro atoms. The summed E-state index contributed by atoms with van der Waals surface area (Å²) in [6, 6.07) is 12.0. The average molecular weight is 280 g/mol. The van der Waals surface area contributed by atoms with Gasteiger partial charge < -0.3 is 14.8 Å². The van der Waals surface area contributed by atoms with Gasteiger partial charge in [-0.1, -0.05) is 18.2 Å². The fourth-order valence-electron chi connectivity index (χ4n) is 2.15. The van der Waals surface area contributed by atoms with Crippen molar-refractivity contribution in [3.05, 3.63) is 42.0 Å². The maximum absolute atomic E-state index is 11.0. The topological polar surface area (TPSA) is 47.6 Å². The Morgan fingerprint density at radius 2 is 1.95 bits per heavy atom. The van der Waals surface area contributed by atoms with Crippen LogP contribution >= 0.6 is 12.4 Å². The van der Waals surface area contributed by atoms with Crippen LogP contribution in [-0.4, -0.2) is 19.8 Å². The van der Waals surface area contributed by atoms with Gasteiger partial charge >= 0.3 is 6.09 Å². The number of amides is 1. The van der Waals surface area contributed by atoms with Gasteiger partial charge in [0.25, 0.3) is 0 Å². The Kier molecular flexibility index (Phi) is 3.81. The Bertz CT molecular complexity index is 615. The number of halogens is 1. The summed E-state index contributed by atoms with van der Waals surface area (Å²) in [5.74, 6) is 0.841. The van der Waals surface area contributed by atoms with E-state index in [9.17, 15) is 4.79 Å². The number of fused-ring (bicyclic) bond motifs is 1. The molecule has 5 heteroatoms. The number of rotatable bonds is 2. The molecule has 3 rings (SSSR count). The van der Waals surface area contributed by atoms with Crippen LogP contribution in [0.1, 0.15) is 11.6 Å². The van der Waals surface area contributed by atoms with Gasteiger partial charge in [-0.05, 0) is 34.5 Å². The zero-order valence-electron chi connectivity index (χ0n) is 10.4. The second kappa shape index (κ2) is 5.36. The van der Waals surface area contributed by atoms with Crippen molar-refractivity contribution in [2.75, 3.05) is 13.7 Å². The second-order valence-corrected chi connectivity index (χ2v) is 4.27. The highest BCUT2D eigenvalue weighted by Gasteiger charge is 2.23. The zero-order chi connectivity index (χ0) is 12.5. The molecule has 1 heterocycles. The summed E-state index contributed by atoms with van der Waals surface area (Å²) < 4.78 is 10.1. The van der Waals surface area contributed by atoms with Gasteiger partial charge in [0.2, 0.25) is 0 Å². The molecule has 2 aromatic rings. The van der Waals surface area contributed by atoms with Crippen LogP contribution in [0, 0.1) is 0 Å². The molecule has 100 valence electrons. The van der Waals surface area contributed by atoms with Crippen molar-refractivity contribution in [3.8, 4) is 5.75 Å². The summed E-state index contributed by atoms with van der Waals surface area (Å²) in [5.41, 5.74) is 1.05. The lowest BCUT2D eigenvalue weighted by Crippen LogP contribution is -2.18. The lowest BCUT2D eigenvalue weighted by molar-refractivity contribution is 0.177. The first-order chi connectivity index (χ1) is 8.76. The first-order valence-electron chi connectivity index (χ1n) is 5.77. The van der Waals surface area contributed by atoms with Crippen LogP contribution in [0.4, 0.5) is 4.79 Å². The number of cyclic esters (lactones) is 1. The summed E-state index contributed by atoms with van der Waals surface area (Å²) in [6.45, 7) is 0.389. The Morgan fingerprint density at radius 1 is 1.21 bits per heavy atom. The summed E-state index contributed by atoms with van der Waals surface area (Å²) >= 11 is 0. The quantitative estimate of drug-likeness (QED) is 0.919. The molecule has 1 amide bonds. The molecule has 0 aliphatic carbocycles. The Labute approximate surface area is 117 Å². The SMILES string of the molecule is COc1ccc2cc([C@@H]3COC(=O)N3)ccc2c1.Cl. The second-order valence-electron chi connectivity index (χ2n) is 4.27. The van der Waals surface area contributed by atoms with E-state index in [1.54, 1.807) is 7.11 Å². The minimum Gasteiger partial charge on any atom is -0.497 e. The van der Waals surface area contributed by atoms with E-state index in [0.29, 0.717) is 6.61 Å². The summed E-state index contributed by atoms with van der Waals surface area (Å²) in [4.78, 5) is 11.0. The molecule has 1 atom stereocenters. The Morgan fingerprint density at radius 3 is 2.63 bits per heavy atom. The fraction of sp³-hybridized carbons (Fsp3) is 0.214. The van der Waals surface area contributed by atoms with Crippen LogP contribution in [0.25, 0.3) is 10.8 Å². The normalized spacial score (nSPS) is 17.5. The van der Waals surface area contributed by atoms with E-state index in [-0.39, 0.29) is 24.5 Å². The lowest BCUT2D eigenvalue weighted by atomic mass is 10.0. The molecule has 0 bridgehead atoms. The number of hydrogen-bond acceptors (Lipinski definition) is 3. The van der Waals surface area contributed by atoms with Gasteiger partial charge in [-0.2, -0.15) is 0 Å². The summed E-state index contributed by atoms with van der Waals surface area (Å²) in [5, 5.41) is 5.01. The van der Waals surface area contributed by atoms with E-state index >= 15 is 0 Å². The lowest BCUT2D eigenvalue weighted by Gasteiger charge is -2.09. The summed E-state index contributed by atoms with van der Waals surface area (Å²) in [7, 11) is 1.65. The number of carbonyl (C=O) groups excluding carboxylic acids is 1. The standard InChI is InChI=1S/C14H13NO3.ClH/c1-17-12-5-4-9-6-11(3-2-10(9)7-12)13-8-18-14(16)15-13;/h2-7,13H,8H2,1H3,(H,15,16);1H/t13-;/m0./s1. The van der Waals surface area contributed by atoms with Gasteiger partial charge in [0.15, 0.2) is 0 Å². The smallest absolute Gasteiger partial charge is 0.407 e. The van der Waals surface area contributed by atoms with E-state index in [1.807, 2.05) is 30.3 Å². The molecule has 19 heavy (non-hydrogen) atoms. The molecule has 4 nitrogen and oxygen atoms in total. The molecule has 0 radical (unpaired) electrons. The number of methoxy groups -OCH3 is 1. The monoisotopic (exact) mass is 279 g/mol. The van der Waals surface area contributed by atoms with Crippen LogP contribution in [0.5, 0.6) is 5.75 Å². The predicted octanol–water partition coefficient (Wildman–Crippen LogP) is 3.05. The molecule has 1 N–H and O–H groups in total. The van der Waals surface area contributed by atoms with Crippen LogP contribution in [-0.2, 0) is 4.74 Å². The van der Waals surface area contributed by atoms with Gasteiger partial charge in [-0.3, -0.25) is 0 Å². The van der Waals surface area contributed by atoms with Crippen molar-refractivity contribution >= 4 is 29.3 Å². The van der Waals surface area contributed by atoms with Crippen molar-refractivity contribution in [3.63, 3.8) is 0 Å². The predicted molar refractivity (Wildman–Crippen MR) is 75.0 cm³/mol. The van der Waals surface area contributed by atoms with Crippen molar-refractivity contribution in [1.29, 1.82) is 0 Å². The number of ether oxygens (including phenoxy) is 2. The Hall–Kier alpha value is -1.94. The summed E-state index contributed by atoms with van der Waals surface area (Å²) in [6.07, 6.45) is -0.352. The van der Waals surface area contributed by atoms with Crippen LogP contribution in [0.2, 0.25) is 0 Å². The van der Waals surface area contributed by atoms with Crippen LogP contribution in [0.3, 0.4) is 0 Å². The highest BCUT2D eigenvalue weighted by Crippen LogP contribution is 2.25. The number of benzene rings is 2. The van der Waals surface area contributed by atoms with E-state index in [4.69, 9.17) is 9.47 Å². The van der Waals surface area contributed by atoms with E-state index < -0.39 is 0 Å². The number of hydrogen-bond donors (Lipinski definition) is 1. The van der Waals surface area contributed by atoms with Gasteiger partial charge in [-0.15, -0.1) is 12.4 Å². The first kappa shape index (κ1) is 13.5. The molecule has 0 unspecified atom stereocenters. The minimum absolute atomic E-state index is 0. The van der Waals surface area contributed by atoms with E-state index in [0.717, 1.165) is 22.1 Å². The number of alkyl carbamates (subject to hydrolysis) is 1. The van der Waals surface area contributed by atoms with Crippen LogP contribution < -0.4 is 10.1 Å². The van der Waals surface area contributed by atoms with Gasteiger partial charge in [0.05, 0.1) is 13.2 Å². The number of carbonyl (C=O) groups is 1. The molecule has 1 aliphatic rings. The molecular formula is C14H14ClNO3. The van der Waals surface area contributed by atoms with Crippen molar-refractivity contribution in [2.24, 2.45) is 0 Å². The molecule has 1 saturated heterocycles. The third-order valence-corrected chi connectivity index (χ3v) is 3.15. The van der Waals surface area contributed by atoms with Crippen LogP contribution in [0.15, 0.2) is 36.4 Å². The molecule has 1 aliphatic heterocycles. The first-order valence-corrected chi connectivity index (χ1v) is 5.77. The van der Waals surface area contributed by atoms with E-state index in [2.05, 4.69) is 11.4 Å².